The van der Waals surface area contributed by atoms with Crippen LogP contribution in [0.4, 0.5) is 5.69 Å². The van der Waals surface area contributed by atoms with Crippen LogP contribution in [0.15, 0.2) is 24.3 Å². The maximum atomic E-state index is 12.5. The number of hydrogen-bond acceptors (Lipinski definition) is 3. The first-order valence-electron chi connectivity index (χ1n) is 9.01. The van der Waals surface area contributed by atoms with Gasteiger partial charge in [-0.05, 0) is 63.7 Å². The molecule has 5 nitrogen and oxygen atoms in total. The summed E-state index contributed by atoms with van der Waals surface area (Å²) >= 11 is 0. The number of benzene rings is 1. The zero-order chi connectivity index (χ0) is 16.9. The molecule has 2 amide bonds. The average Bonchev–Trinajstić information content (AvgIpc) is 2.95. The van der Waals surface area contributed by atoms with E-state index < -0.39 is 0 Å². The van der Waals surface area contributed by atoms with Gasteiger partial charge in [0, 0.05) is 18.7 Å². The van der Waals surface area contributed by atoms with Gasteiger partial charge in [-0.15, -0.1) is 12.4 Å². The van der Waals surface area contributed by atoms with Gasteiger partial charge in [0.15, 0.2) is 0 Å². The van der Waals surface area contributed by atoms with E-state index in [1.807, 2.05) is 31.2 Å². The second-order valence-corrected chi connectivity index (χ2v) is 6.97. The molecule has 2 saturated heterocycles. The van der Waals surface area contributed by atoms with Gasteiger partial charge in [0.05, 0.1) is 0 Å². The lowest BCUT2D eigenvalue weighted by Crippen LogP contribution is -2.41. The van der Waals surface area contributed by atoms with Crippen molar-refractivity contribution in [1.29, 1.82) is 0 Å². The van der Waals surface area contributed by atoms with Gasteiger partial charge in [0.1, 0.15) is 6.04 Å². The number of nitrogens with one attached hydrogen (secondary N) is 2. The highest BCUT2D eigenvalue weighted by molar-refractivity contribution is 6.01. The zero-order valence-corrected chi connectivity index (χ0v) is 15.6. The number of piperidine rings is 1. The molecule has 2 aliphatic rings. The van der Waals surface area contributed by atoms with Crippen LogP contribution in [0, 0.1) is 12.8 Å². The molecule has 2 heterocycles. The Morgan fingerprint density at radius 2 is 1.88 bits per heavy atom. The molecule has 0 aromatic heterocycles. The first kappa shape index (κ1) is 19.7. The van der Waals surface area contributed by atoms with Crippen LogP contribution < -0.4 is 15.5 Å². The Morgan fingerprint density at radius 1 is 1.20 bits per heavy atom. The van der Waals surface area contributed by atoms with E-state index in [1.54, 1.807) is 4.90 Å². The smallest absolute Gasteiger partial charge is 0.249 e. The summed E-state index contributed by atoms with van der Waals surface area (Å²) in [6.45, 7) is 4.81. The highest BCUT2D eigenvalue weighted by Gasteiger charge is 2.33. The first-order chi connectivity index (χ1) is 11.6. The maximum Gasteiger partial charge on any atom is 0.249 e. The standard InChI is InChI=1S/C19H27N3O2.ClH/c1-14-2-5-16(6-3-14)22-13-10-17(19(22)24)21-18(23)7-4-15-8-11-20-12-9-15;/h2-3,5-6,15,17,20H,4,7-13H2,1H3,(H,21,23);1H. The van der Waals surface area contributed by atoms with Gasteiger partial charge in [0.2, 0.25) is 11.8 Å². The van der Waals surface area contributed by atoms with Crippen molar-refractivity contribution in [3.8, 4) is 0 Å². The van der Waals surface area contributed by atoms with E-state index in [0.717, 1.165) is 38.0 Å². The molecular formula is C19H28ClN3O2. The lowest BCUT2D eigenvalue weighted by atomic mass is 9.93. The lowest BCUT2D eigenvalue weighted by Gasteiger charge is -2.22. The van der Waals surface area contributed by atoms with Crippen molar-refractivity contribution in [3.05, 3.63) is 29.8 Å². The van der Waals surface area contributed by atoms with Crippen LogP contribution in [0.1, 0.15) is 37.7 Å². The van der Waals surface area contributed by atoms with Gasteiger partial charge in [0.25, 0.3) is 0 Å². The molecule has 2 N–H and O–H groups in total. The average molecular weight is 366 g/mol. The number of rotatable bonds is 5. The third-order valence-electron chi connectivity index (χ3n) is 5.12. The minimum absolute atomic E-state index is 0. The molecule has 0 saturated carbocycles. The molecule has 1 aromatic rings. The van der Waals surface area contributed by atoms with Crippen molar-refractivity contribution in [2.45, 2.75) is 45.1 Å². The fraction of sp³-hybridized carbons (Fsp3) is 0.579. The summed E-state index contributed by atoms with van der Waals surface area (Å²) in [5.41, 5.74) is 2.09. The number of carbonyl (C=O) groups excluding carboxylic acids is 2. The molecular weight excluding hydrogens is 338 g/mol. The molecule has 1 aromatic carbocycles. The van der Waals surface area contributed by atoms with Crippen LogP contribution in [0.2, 0.25) is 0 Å². The summed E-state index contributed by atoms with van der Waals surface area (Å²) < 4.78 is 0. The first-order valence-corrected chi connectivity index (χ1v) is 9.01. The van der Waals surface area contributed by atoms with E-state index in [-0.39, 0.29) is 30.3 Å². The minimum Gasteiger partial charge on any atom is -0.344 e. The predicted octanol–water partition coefficient (Wildman–Crippen LogP) is 2.42. The lowest BCUT2D eigenvalue weighted by molar-refractivity contribution is -0.126. The van der Waals surface area contributed by atoms with Crippen LogP contribution in [-0.4, -0.2) is 37.5 Å². The molecule has 0 aliphatic carbocycles. The van der Waals surface area contributed by atoms with E-state index in [1.165, 1.54) is 5.56 Å². The Balaban J connectivity index is 0.00000225. The fourth-order valence-corrected chi connectivity index (χ4v) is 3.57. The van der Waals surface area contributed by atoms with Crippen LogP contribution in [0.25, 0.3) is 0 Å². The fourth-order valence-electron chi connectivity index (χ4n) is 3.57. The second kappa shape index (κ2) is 9.20. The maximum absolute atomic E-state index is 12.5. The number of aryl methyl sites for hydroxylation is 1. The predicted molar refractivity (Wildman–Crippen MR) is 102 cm³/mol. The Hall–Kier alpha value is -1.59. The topological polar surface area (TPSA) is 61.4 Å². The number of anilines is 1. The summed E-state index contributed by atoms with van der Waals surface area (Å²) in [4.78, 5) is 26.5. The molecule has 2 aliphatic heterocycles. The van der Waals surface area contributed by atoms with Crippen molar-refractivity contribution in [3.63, 3.8) is 0 Å². The van der Waals surface area contributed by atoms with E-state index in [2.05, 4.69) is 10.6 Å². The molecule has 3 rings (SSSR count). The van der Waals surface area contributed by atoms with Crippen LogP contribution >= 0.6 is 12.4 Å². The molecule has 25 heavy (non-hydrogen) atoms. The number of amides is 2. The molecule has 138 valence electrons. The van der Waals surface area contributed by atoms with Gasteiger partial charge >= 0.3 is 0 Å². The molecule has 0 radical (unpaired) electrons. The number of halogens is 1. The third-order valence-corrected chi connectivity index (χ3v) is 5.12. The number of hydrogen-bond donors (Lipinski definition) is 2. The summed E-state index contributed by atoms with van der Waals surface area (Å²) in [5.74, 6) is 0.659. The van der Waals surface area contributed by atoms with Gasteiger partial charge in [-0.3, -0.25) is 9.59 Å². The summed E-state index contributed by atoms with van der Waals surface area (Å²) in [5, 5.41) is 6.27. The molecule has 0 spiro atoms. The zero-order valence-electron chi connectivity index (χ0n) is 14.8. The minimum atomic E-state index is -0.369. The largest absolute Gasteiger partial charge is 0.344 e. The molecule has 0 bridgehead atoms. The highest BCUT2D eigenvalue weighted by atomic mass is 35.5. The monoisotopic (exact) mass is 365 g/mol. The molecule has 1 atom stereocenters. The quantitative estimate of drug-likeness (QED) is 0.842. The Kier molecular flexibility index (Phi) is 7.26. The van der Waals surface area contributed by atoms with Crippen molar-refractivity contribution in [1.82, 2.24) is 10.6 Å². The third kappa shape index (κ3) is 5.19. The number of carbonyl (C=O) groups is 2. The SMILES string of the molecule is Cc1ccc(N2CCC(NC(=O)CCC3CCNCC3)C2=O)cc1.Cl. The van der Waals surface area contributed by atoms with E-state index in [4.69, 9.17) is 0 Å². The van der Waals surface area contributed by atoms with Crippen molar-refractivity contribution >= 4 is 29.9 Å². The van der Waals surface area contributed by atoms with E-state index in [0.29, 0.717) is 25.3 Å². The van der Waals surface area contributed by atoms with Gasteiger partial charge in [-0.2, -0.15) is 0 Å². The summed E-state index contributed by atoms with van der Waals surface area (Å²) in [6.07, 6.45) is 4.44. The van der Waals surface area contributed by atoms with Crippen molar-refractivity contribution < 1.29 is 9.59 Å². The normalized spacial score (nSPS) is 21.1. The Labute approximate surface area is 155 Å². The van der Waals surface area contributed by atoms with Crippen LogP contribution in [-0.2, 0) is 9.59 Å². The molecule has 2 fully saturated rings. The molecule has 1 unspecified atom stereocenters. The number of nitrogens with zero attached hydrogens (tertiary/aromatic N) is 1. The van der Waals surface area contributed by atoms with E-state index >= 15 is 0 Å². The Bertz CT molecular complexity index is 585. The van der Waals surface area contributed by atoms with Crippen molar-refractivity contribution in [2.24, 2.45) is 5.92 Å². The van der Waals surface area contributed by atoms with Crippen LogP contribution in [0.3, 0.4) is 0 Å². The Morgan fingerprint density at radius 3 is 2.56 bits per heavy atom. The summed E-state index contributed by atoms with van der Waals surface area (Å²) in [7, 11) is 0. The van der Waals surface area contributed by atoms with Crippen molar-refractivity contribution in [2.75, 3.05) is 24.5 Å². The van der Waals surface area contributed by atoms with Gasteiger partial charge in [-0.25, -0.2) is 0 Å². The van der Waals surface area contributed by atoms with Crippen LogP contribution in [0.5, 0.6) is 0 Å². The second-order valence-electron chi connectivity index (χ2n) is 6.97. The molecule has 6 heteroatoms. The summed E-state index contributed by atoms with van der Waals surface area (Å²) in [6, 6.07) is 7.58. The van der Waals surface area contributed by atoms with Gasteiger partial charge < -0.3 is 15.5 Å². The highest BCUT2D eigenvalue weighted by Crippen LogP contribution is 2.22. The van der Waals surface area contributed by atoms with E-state index in [9.17, 15) is 9.59 Å². The van der Waals surface area contributed by atoms with Gasteiger partial charge in [-0.1, -0.05) is 17.7 Å².